The number of nitrogens with two attached hydrogens (primary N) is 2. The molecule has 2 heterocycles. The molecule has 0 spiro atoms. The van der Waals surface area contributed by atoms with Gasteiger partial charge in [-0.15, -0.1) is 0 Å². The van der Waals surface area contributed by atoms with E-state index < -0.39 is 0 Å². The van der Waals surface area contributed by atoms with E-state index >= 15 is 0 Å². The first-order chi connectivity index (χ1) is 6.81. The molecule has 1 aromatic rings. The second kappa shape index (κ2) is 3.67. The lowest BCUT2D eigenvalue weighted by Crippen LogP contribution is -2.31. The number of rotatable bonds is 1. The third-order valence-electron chi connectivity index (χ3n) is 2.19. The predicted molar refractivity (Wildman–Crippen MR) is 56.0 cm³/mol. The van der Waals surface area contributed by atoms with E-state index in [2.05, 4.69) is 15.3 Å². The van der Waals surface area contributed by atoms with Crippen molar-refractivity contribution < 1.29 is 0 Å². The van der Waals surface area contributed by atoms with Crippen LogP contribution in [0.2, 0.25) is 0 Å². The molecular weight excluding hydrogens is 180 g/mol. The van der Waals surface area contributed by atoms with Crippen molar-refractivity contribution in [2.75, 3.05) is 35.7 Å². The molecule has 0 unspecified atom stereocenters. The lowest BCUT2D eigenvalue weighted by Gasteiger charge is -2.20. The van der Waals surface area contributed by atoms with Gasteiger partial charge in [0.25, 0.3) is 0 Å². The zero-order valence-corrected chi connectivity index (χ0v) is 7.90. The van der Waals surface area contributed by atoms with Gasteiger partial charge in [0, 0.05) is 13.1 Å². The van der Waals surface area contributed by atoms with Crippen LogP contribution in [0.3, 0.4) is 0 Å². The van der Waals surface area contributed by atoms with Crippen molar-refractivity contribution in [2.24, 2.45) is 5.73 Å². The van der Waals surface area contributed by atoms with Gasteiger partial charge in [-0.2, -0.15) is 0 Å². The second-order valence-corrected chi connectivity index (χ2v) is 3.19. The molecule has 0 saturated heterocycles. The fourth-order valence-corrected chi connectivity index (χ4v) is 1.50. The van der Waals surface area contributed by atoms with Gasteiger partial charge in [-0.1, -0.05) is 0 Å². The number of aromatic nitrogens is 2. The number of hydrogen-bond donors (Lipinski definition) is 3. The largest absolute Gasteiger partial charge is 0.382 e. The summed E-state index contributed by atoms with van der Waals surface area (Å²) < 4.78 is 0. The molecule has 6 heteroatoms. The number of nitrogens with one attached hydrogen (secondary N) is 1. The Morgan fingerprint density at radius 2 is 2.43 bits per heavy atom. The van der Waals surface area contributed by atoms with Gasteiger partial charge >= 0.3 is 0 Å². The van der Waals surface area contributed by atoms with E-state index in [0.717, 1.165) is 31.1 Å². The van der Waals surface area contributed by atoms with E-state index in [1.54, 1.807) is 6.20 Å². The van der Waals surface area contributed by atoms with Gasteiger partial charge in [0.1, 0.15) is 5.82 Å². The lowest BCUT2D eigenvalue weighted by molar-refractivity contribution is 0.764. The van der Waals surface area contributed by atoms with Gasteiger partial charge in [-0.3, -0.25) is 0 Å². The van der Waals surface area contributed by atoms with E-state index in [1.165, 1.54) is 0 Å². The number of anilines is 3. The van der Waals surface area contributed by atoms with E-state index in [1.807, 2.05) is 4.90 Å². The maximum absolute atomic E-state index is 5.63. The first-order valence-corrected chi connectivity index (χ1v) is 4.62. The Morgan fingerprint density at radius 3 is 3.21 bits per heavy atom. The summed E-state index contributed by atoms with van der Waals surface area (Å²) >= 11 is 0. The van der Waals surface area contributed by atoms with Gasteiger partial charge in [0.05, 0.1) is 12.9 Å². The highest BCUT2D eigenvalue weighted by Gasteiger charge is 2.16. The van der Waals surface area contributed by atoms with Crippen LogP contribution in [-0.2, 0) is 0 Å². The van der Waals surface area contributed by atoms with Gasteiger partial charge in [0.15, 0.2) is 11.6 Å². The van der Waals surface area contributed by atoms with Gasteiger partial charge < -0.3 is 21.7 Å². The second-order valence-electron chi connectivity index (χ2n) is 3.19. The normalized spacial score (nSPS) is 15.6. The molecule has 0 aromatic carbocycles. The minimum atomic E-state index is 0.422. The van der Waals surface area contributed by atoms with Gasteiger partial charge in [-0.25, -0.2) is 9.97 Å². The third kappa shape index (κ3) is 1.56. The molecule has 2 rings (SSSR count). The molecule has 0 bridgehead atoms. The average Bonchev–Trinajstić information content (AvgIpc) is 2.39. The molecule has 14 heavy (non-hydrogen) atoms. The Balaban J connectivity index is 2.40. The number of nitrogens with zero attached hydrogens (tertiary/aromatic N) is 3. The molecule has 0 saturated carbocycles. The summed E-state index contributed by atoms with van der Waals surface area (Å²) in [4.78, 5) is 10.4. The Hall–Kier alpha value is -1.56. The van der Waals surface area contributed by atoms with Gasteiger partial charge in [0.2, 0.25) is 0 Å². The van der Waals surface area contributed by atoms with Crippen LogP contribution in [0.5, 0.6) is 0 Å². The van der Waals surface area contributed by atoms with Gasteiger partial charge in [-0.05, 0) is 6.42 Å². The lowest BCUT2D eigenvalue weighted by atomic mass is 10.4. The smallest absolute Gasteiger partial charge is 0.174 e. The van der Waals surface area contributed by atoms with Crippen LogP contribution in [0.15, 0.2) is 6.20 Å². The van der Waals surface area contributed by atoms with Crippen molar-refractivity contribution in [2.45, 2.75) is 6.42 Å². The van der Waals surface area contributed by atoms with E-state index in [-0.39, 0.29) is 0 Å². The quantitative estimate of drug-likeness (QED) is 0.563. The average molecular weight is 194 g/mol. The summed E-state index contributed by atoms with van der Waals surface area (Å²) in [5.74, 6) is 1.94. The van der Waals surface area contributed by atoms with Crippen molar-refractivity contribution in [3.8, 4) is 0 Å². The fraction of sp³-hybridized carbons (Fsp3) is 0.500. The van der Waals surface area contributed by atoms with E-state index in [4.69, 9.17) is 11.5 Å². The maximum Gasteiger partial charge on any atom is 0.174 e. The molecule has 1 aliphatic heterocycles. The fourth-order valence-electron chi connectivity index (χ4n) is 1.50. The van der Waals surface area contributed by atoms with Crippen LogP contribution in [-0.4, -0.2) is 29.7 Å². The first-order valence-electron chi connectivity index (χ1n) is 4.62. The maximum atomic E-state index is 5.63. The summed E-state index contributed by atoms with van der Waals surface area (Å²) in [6.45, 7) is 2.21. The van der Waals surface area contributed by atoms with E-state index in [9.17, 15) is 0 Å². The van der Waals surface area contributed by atoms with Crippen LogP contribution in [0, 0.1) is 0 Å². The van der Waals surface area contributed by atoms with Crippen LogP contribution >= 0.6 is 0 Å². The first kappa shape index (κ1) is 9.01. The summed E-state index contributed by atoms with van der Waals surface area (Å²) in [5, 5.41) is 3.19. The number of hydrogen-bond acceptors (Lipinski definition) is 6. The number of nitrogen functional groups attached to an aromatic ring is 1. The van der Waals surface area contributed by atoms with Crippen molar-refractivity contribution in [1.29, 1.82) is 0 Å². The van der Waals surface area contributed by atoms with Crippen LogP contribution < -0.4 is 21.7 Å². The molecule has 0 fully saturated rings. The minimum Gasteiger partial charge on any atom is -0.382 e. The zero-order valence-electron chi connectivity index (χ0n) is 7.90. The highest BCUT2D eigenvalue weighted by molar-refractivity contribution is 5.63. The minimum absolute atomic E-state index is 0.422. The highest BCUT2D eigenvalue weighted by Crippen LogP contribution is 2.23. The third-order valence-corrected chi connectivity index (χ3v) is 2.19. The highest BCUT2D eigenvalue weighted by atomic mass is 15.3. The topological polar surface area (TPSA) is 93.1 Å². The van der Waals surface area contributed by atoms with Crippen LogP contribution in [0.4, 0.5) is 17.5 Å². The molecule has 1 aromatic heterocycles. The molecule has 0 aliphatic carbocycles. The molecular formula is C8H14N6. The Morgan fingerprint density at radius 1 is 1.57 bits per heavy atom. The van der Waals surface area contributed by atoms with E-state index in [0.29, 0.717) is 12.5 Å². The number of fused-ring (bicyclic) bond motifs is 1. The van der Waals surface area contributed by atoms with Crippen LogP contribution in [0.1, 0.15) is 6.42 Å². The summed E-state index contributed by atoms with van der Waals surface area (Å²) in [5.41, 5.74) is 11.2. The van der Waals surface area contributed by atoms with Crippen molar-refractivity contribution in [3.63, 3.8) is 0 Å². The molecule has 76 valence electrons. The SMILES string of the molecule is NCN1CCCNc2ncc(N)nc21. The molecule has 0 atom stereocenters. The predicted octanol–water partition coefficient (Wildman–Crippen LogP) is -0.403. The summed E-state index contributed by atoms with van der Waals surface area (Å²) in [6, 6.07) is 0. The Bertz CT molecular complexity index is 326. The monoisotopic (exact) mass is 194 g/mol. The van der Waals surface area contributed by atoms with Crippen LogP contribution in [0.25, 0.3) is 0 Å². The summed E-state index contributed by atoms with van der Waals surface area (Å²) in [6.07, 6.45) is 2.57. The van der Waals surface area contributed by atoms with Crippen molar-refractivity contribution >= 4 is 17.5 Å². The standard InChI is InChI=1S/C8H14N6/c9-5-14-3-1-2-11-7-8(14)13-6(10)4-12-7/h4H,1-3,5,9H2,(H2,10,13)(H,11,12). The Kier molecular flexibility index (Phi) is 2.36. The Labute approximate surface area is 82.3 Å². The molecule has 1 aliphatic rings. The van der Waals surface area contributed by atoms with Crippen molar-refractivity contribution in [1.82, 2.24) is 9.97 Å². The molecule has 0 amide bonds. The summed E-state index contributed by atoms with van der Waals surface area (Å²) in [7, 11) is 0. The molecule has 6 nitrogen and oxygen atoms in total. The van der Waals surface area contributed by atoms with Crippen molar-refractivity contribution in [3.05, 3.63) is 6.20 Å². The zero-order chi connectivity index (χ0) is 9.97. The molecule has 5 N–H and O–H groups in total. The molecule has 0 radical (unpaired) electrons.